The predicted octanol–water partition coefficient (Wildman–Crippen LogP) is 2.48. The van der Waals surface area contributed by atoms with E-state index in [1.165, 1.54) is 38.4 Å². The smallest absolute Gasteiger partial charge is 0.295 e. The van der Waals surface area contributed by atoms with Crippen LogP contribution in [0.1, 0.15) is 17.2 Å². The summed E-state index contributed by atoms with van der Waals surface area (Å²) in [4.78, 5) is 27.0. The number of carbonyl (C=O) groups excluding carboxylic acids is 2. The quantitative estimate of drug-likeness (QED) is 0.408. The molecule has 2 aromatic rings. The van der Waals surface area contributed by atoms with Gasteiger partial charge in [-0.05, 0) is 29.8 Å². The number of amides is 1. The van der Waals surface area contributed by atoms with E-state index >= 15 is 0 Å². The Kier molecular flexibility index (Phi) is 6.27. The van der Waals surface area contributed by atoms with E-state index in [0.717, 1.165) is 0 Å². The van der Waals surface area contributed by atoms with Gasteiger partial charge >= 0.3 is 0 Å². The molecular weight excluding hydrogens is 390 g/mol. The number of phenolic OH excluding ortho intramolecular Hbond substituents is 1. The molecule has 8 nitrogen and oxygen atoms in total. The highest BCUT2D eigenvalue weighted by Crippen LogP contribution is 2.41. The number of aliphatic hydroxyl groups excluding tert-OH is 1. The van der Waals surface area contributed by atoms with Crippen molar-refractivity contribution in [2.75, 3.05) is 34.5 Å². The third kappa shape index (κ3) is 3.81. The van der Waals surface area contributed by atoms with Gasteiger partial charge in [-0.2, -0.15) is 0 Å². The Bertz CT molecular complexity index is 999. The Morgan fingerprint density at radius 1 is 1.07 bits per heavy atom. The van der Waals surface area contributed by atoms with Crippen LogP contribution in [0.4, 0.5) is 0 Å². The van der Waals surface area contributed by atoms with Crippen LogP contribution in [0.2, 0.25) is 0 Å². The summed E-state index contributed by atoms with van der Waals surface area (Å²) in [5, 5.41) is 20.9. The largest absolute Gasteiger partial charge is 0.507 e. The summed E-state index contributed by atoms with van der Waals surface area (Å²) >= 11 is 0. The zero-order valence-corrected chi connectivity index (χ0v) is 16.9. The number of aliphatic hydroxyl groups is 1. The molecule has 0 radical (unpaired) electrons. The molecule has 1 amide bonds. The highest BCUT2D eigenvalue weighted by molar-refractivity contribution is 6.46. The number of methoxy groups -OCH3 is 3. The van der Waals surface area contributed by atoms with Gasteiger partial charge in [0.15, 0.2) is 11.5 Å². The van der Waals surface area contributed by atoms with Crippen LogP contribution >= 0.6 is 0 Å². The summed E-state index contributed by atoms with van der Waals surface area (Å²) in [6, 6.07) is 10.2. The summed E-state index contributed by atoms with van der Waals surface area (Å²) in [6.07, 6.45) is 0. The highest BCUT2D eigenvalue weighted by atomic mass is 16.5. The summed E-state index contributed by atoms with van der Waals surface area (Å²) in [5.74, 6) is -1.26. The maximum atomic E-state index is 12.9. The van der Waals surface area contributed by atoms with Crippen LogP contribution in [0.3, 0.4) is 0 Å². The first-order valence-corrected chi connectivity index (χ1v) is 9.21. The molecule has 1 unspecified atom stereocenters. The Morgan fingerprint density at radius 2 is 1.83 bits per heavy atom. The number of ketones is 1. The van der Waals surface area contributed by atoms with Crippen molar-refractivity contribution in [3.8, 4) is 17.2 Å². The fourth-order valence-electron chi connectivity index (χ4n) is 3.44. The van der Waals surface area contributed by atoms with Crippen LogP contribution in [-0.4, -0.2) is 61.3 Å². The van der Waals surface area contributed by atoms with Crippen molar-refractivity contribution in [3.63, 3.8) is 0 Å². The molecule has 1 heterocycles. The number of nitrogens with zero attached hydrogens (tertiary/aromatic N) is 1. The number of aromatic hydroxyl groups is 1. The molecule has 1 aliphatic heterocycles. The van der Waals surface area contributed by atoms with Crippen molar-refractivity contribution in [1.29, 1.82) is 0 Å². The van der Waals surface area contributed by atoms with Crippen molar-refractivity contribution in [1.82, 2.24) is 4.90 Å². The highest BCUT2D eigenvalue weighted by Gasteiger charge is 2.46. The number of phenols is 1. The molecule has 158 valence electrons. The third-order valence-electron chi connectivity index (χ3n) is 4.94. The van der Waals surface area contributed by atoms with E-state index < -0.39 is 17.7 Å². The van der Waals surface area contributed by atoms with Crippen molar-refractivity contribution >= 4 is 17.4 Å². The Hall–Kier alpha value is -3.52. The van der Waals surface area contributed by atoms with Crippen LogP contribution in [0.25, 0.3) is 5.76 Å². The second-order valence-corrected chi connectivity index (χ2v) is 6.65. The standard InChI is InChI=1S/C22H23NO7/c1-28-10-9-23-19(13-7-8-16(24)17(12-13)30-3)18(21(26)22(23)27)20(25)14-5-4-6-15(11-14)29-2/h4-8,11-12,19,24-25H,9-10H2,1-3H3/b20-18-. The summed E-state index contributed by atoms with van der Waals surface area (Å²) in [6.45, 7) is 0.349. The molecule has 0 spiro atoms. The van der Waals surface area contributed by atoms with Gasteiger partial charge in [0.25, 0.3) is 11.7 Å². The number of hydrogen-bond acceptors (Lipinski definition) is 7. The van der Waals surface area contributed by atoms with Crippen LogP contribution in [-0.2, 0) is 14.3 Å². The predicted molar refractivity (Wildman–Crippen MR) is 109 cm³/mol. The lowest BCUT2D eigenvalue weighted by atomic mass is 9.95. The number of ether oxygens (including phenoxy) is 3. The number of hydrogen-bond donors (Lipinski definition) is 2. The minimum absolute atomic E-state index is 0.0582. The number of likely N-dealkylation sites (tertiary alicyclic amines) is 1. The lowest BCUT2D eigenvalue weighted by Crippen LogP contribution is -2.32. The van der Waals surface area contributed by atoms with Gasteiger partial charge in [0, 0.05) is 19.2 Å². The number of rotatable bonds is 7. The first-order chi connectivity index (χ1) is 14.4. The second-order valence-electron chi connectivity index (χ2n) is 6.65. The maximum absolute atomic E-state index is 12.9. The molecule has 8 heteroatoms. The first-order valence-electron chi connectivity index (χ1n) is 9.21. The third-order valence-corrected chi connectivity index (χ3v) is 4.94. The van der Waals surface area contributed by atoms with E-state index in [1.807, 2.05) is 0 Å². The summed E-state index contributed by atoms with van der Waals surface area (Å²) in [7, 11) is 4.38. The van der Waals surface area contributed by atoms with Gasteiger partial charge in [0.2, 0.25) is 0 Å². The normalized spacial score (nSPS) is 18.0. The Morgan fingerprint density at radius 3 is 2.50 bits per heavy atom. The molecule has 2 N–H and O–H groups in total. The van der Waals surface area contributed by atoms with E-state index in [2.05, 4.69) is 0 Å². The van der Waals surface area contributed by atoms with Crippen LogP contribution < -0.4 is 9.47 Å². The summed E-state index contributed by atoms with van der Waals surface area (Å²) in [5.41, 5.74) is 0.788. The van der Waals surface area contributed by atoms with Gasteiger partial charge in [0.1, 0.15) is 11.5 Å². The molecule has 0 aromatic heterocycles. The topological polar surface area (TPSA) is 106 Å². The molecular formula is C22H23NO7. The minimum atomic E-state index is -0.874. The van der Waals surface area contributed by atoms with E-state index in [0.29, 0.717) is 16.9 Å². The van der Waals surface area contributed by atoms with Gasteiger partial charge < -0.3 is 29.3 Å². The van der Waals surface area contributed by atoms with Crippen molar-refractivity contribution in [2.45, 2.75) is 6.04 Å². The fraction of sp³-hybridized carbons (Fsp3) is 0.273. The molecule has 1 saturated heterocycles. The van der Waals surface area contributed by atoms with Crippen molar-refractivity contribution in [2.24, 2.45) is 0 Å². The lowest BCUT2D eigenvalue weighted by molar-refractivity contribution is -0.140. The zero-order chi connectivity index (χ0) is 21.8. The zero-order valence-electron chi connectivity index (χ0n) is 16.9. The monoisotopic (exact) mass is 413 g/mol. The summed E-state index contributed by atoms with van der Waals surface area (Å²) < 4.78 is 15.4. The molecule has 1 aliphatic rings. The molecule has 0 saturated carbocycles. The Labute approximate surface area is 173 Å². The van der Waals surface area contributed by atoms with Gasteiger partial charge in [-0.3, -0.25) is 9.59 Å². The molecule has 0 bridgehead atoms. The Balaban J connectivity index is 2.19. The van der Waals surface area contributed by atoms with Crippen molar-refractivity contribution < 1.29 is 34.0 Å². The minimum Gasteiger partial charge on any atom is -0.507 e. The van der Waals surface area contributed by atoms with Gasteiger partial charge in [-0.1, -0.05) is 18.2 Å². The molecule has 30 heavy (non-hydrogen) atoms. The number of Topliss-reactive ketones (excluding diaryl/α,β-unsaturated/α-hetero) is 1. The molecule has 1 fully saturated rings. The SMILES string of the molecule is COCCN1C(=O)C(=O)/C(=C(\O)c2cccc(OC)c2)C1c1ccc(O)c(OC)c1. The molecule has 2 aromatic carbocycles. The second kappa shape index (κ2) is 8.87. The molecule has 0 aliphatic carbocycles. The van der Waals surface area contributed by atoms with E-state index in [9.17, 15) is 19.8 Å². The van der Waals surface area contributed by atoms with Crippen molar-refractivity contribution in [3.05, 3.63) is 59.2 Å². The van der Waals surface area contributed by atoms with Gasteiger partial charge in [0.05, 0.1) is 32.4 Å². The average Bonchev–Trinajstić information content (AvgIpc) is 3.02. The number of benzene rings is 2. The number of carbonyl (C=O) groups is 2. The van der Waals surface area contributed by atoms with Crippen LogP contribution in [0.5, 0.6) is 17.2 Å². The van der Waals surface area contributed by atoms with Crippen LogP contribution in [0.15, 0.2) is 48.0 Å². The fourth-order valence-corrected chi connectivity index (χ4v) is 3.44. The van der Waals surface area contributed by atoms with Crippen LogP contribution in [0, 0.1) is 0 Å². The van der Waals surface area contributed by atoms with E-state index in [1.54, 1.807) is 30.3 Å². The molecule has 1 atom stereocenters. The van der Waals surface area contributed by atoms with E-state index in [-0.39, 0.29) is 36.0 Å². The van der Waals surface area contributed by atoms with Gasteiger partial charge in [-0.25, -0.2) is 0 Å². The lowest BCUT2D eigenvalue weighted by Gasteiger charge is -2.25. The van der Waals surface area contributed by atoms with E-state index in [4.69, 9.17) is 14.2 Å². The maximum Gasteiger partial charge on any atom is 0.295 e. The average molecular weight is 413 g/mol. The molecule has 3 rings (SSSR count). The van der Waals surface area contributed by atoms with Gasteiger partial charge in [-0.15, -0.1) is 0 Å². The first kappa shape index (κ1) is 21.2.